The van der Waals surface area contributed by atoms with Crippen molar-refractivity contribution < 1.29 is 14.7 Å². The minimum Gasteiger partial charge on any atom is -0.479 e. The third-order valence-corrected chi connectivity index (χ3v) is 5.25. The Balaban J connectivity index is 1.99. The first-order valence-corrected chi connectivity index (χ1v) is 9.09. The molecule has 2 N–H and O–H groups in total. The van der Waals surface area contributed by atoms with E-state index in [4.69, 9.17) is 0 Å². The van der Waals surface area contributed by atoms with Gasteiger partial charge in [-0.05, 0) is 43.5 Å². The average molecular weight is 367 g/mol. The number of carboxylic acid groups (broad SMARTS) is 1. The largest absolute Gasteiger partial charge is 0.479 e. The Kier molecular flexibility index (Phi) is 4.91. The van der Waals surface area contributed by atoms with E-state index in [2.05, 4.69) is 10.3 Å². The zero-order chi connectivity index (χ0) is 19.8. The van der Waals surface area contributed by atoms with Gasteiger partial charge in [-0.1, -0.05) is 24.3 Å². The number of carbonyl (C=O) groups excluding carboxylic acids is 1. The van der Waals surface area contributed by atoms with Crippen LogP contribution in [-0.4, -0.2) is 41.1 Å². The first-order chi connectivity index (χ1) is 12.8. The van der Waals surface area contributed by atoms with Crippen molar-refractivity contribution in [3.63, 3.8) is 0 Å². The molecule has 6 nitrogen and oxygen atoms in total. The number of hydrogen-bond acceptors (Lipinski definition) is 4. The molecule has 1 heterocycles. The van der Waals surface area contributed by atoms with E-state index in [9.17, 15) is 14.7 Å². The summed E-state index contributed by atoms with van der Waals surface area (Å²) in [6.07, 6.45) is 0.559. The first-order valence-electron chi connectivity index (χ1n) is 9.09. The maximum atomic E-state index is 13.2. The predicted octanol–water partition coefficient (Wildman–Crippen LogP) is 2.51. The molecule has 1 amide bonds. The van der Waals surface area contributed by atoms with Gasteiger partial charge in [0.05, 0.1) is 5.56 Å². The third kappa shape index (κ3) is 3.39. The molecule has 0 saturated carbocycles. The number of aromatic nitrogens is 1. The highest BCUT2D eigenvalue weighted by molar-refractivity contribution is 6.03. The van der Waals surface area contributed by atoms with Crippen molar-refractivity contribution >= 4 is 17.7 Å². The van der Waals surface area contributed by atoms with Gasteiger partial charge in [-0.2, -0.15) is 0 Å². The van der Waals surface area contributed by atoms with Crippen LogP contribution in [0.3, 0.4) is 0 Å². The van der Waals surface area contributed by atoms with Gasteiger partial charge in [0.25, 0.3) is 5.91 Å². The summed E-state index contributed by atoms with van der Waals surface area (Å²) in [5.41, 5.74) is 2.63. The van der Waals surface area contributed by atoms with Gasteiger partial charge >= 0.3 is 5.97 Å². The number of pyridine rings is 1. The van der Waals surface area contributed by atoms with Gasteiger partial charge in [0.2, 0.25) is 0 Å². The van der Waals surface area contributed by atoms with Gasteiger partial charge in [-0.3, -0.25) is 4.79 Å². The molecule has 0 fully saturated rings. The van der Waals surface area contributed by atoms with Crippen LogP contribution < -0.4 is 10.2 Å². The van der Waals surface area contributed by atoms with E-state index in [-0.39, 0.29) is 12.8 Å². The number of nitrogens with one attached hydrogen (secondary N) is 1. The molecule has 0 unspecified atom stereocenters. The van der Waals surface area contributed by atoms with E-state index < -0.39 is 17.4 Å². The summed E-state index contributed by atoms with van der Waals surface area (Å²) in [6.45, 7) is 6.40. The van der Waals surface area contributed by atoms with Crippen LogP contribution in [0, 0.1) is 13.8 Å². The van der Waals surface area contributed by atoms with Crippen LogP contribution in [0.2, 0.25) is 0 Å². The molecule has 2 aromatic rings. The number of anilines is 1. The van der Waals surface area contributed by atoms with Crippen LogP contribution in [0.1, 0.15) is 39.7 Å². The number of aliphatic carboxylic acids is 1. The van der Waals surface area contributed by atoms with Crippen LogP contribution in [0.4, 0.5) is 5.82 Å². The lowest BCUT2D eigenvalue weighted by Gasteiger charge is -2.28. The maximum Gasteiger partial charge on any atom is 0.330 e. The lowest BCUT2D eigenvalue weighted by Crippen LogP contribution is -2.55. The average Bonchev–Trinajstić information content (AvgIpc) is 2.99. The van der Waals surface area contributed by atoms with Crippen molar-refractivity contribution in [3.8, 4) is 0 Å². The molecule has 0 atom stereocenters. The zero-order valence-corrected chi connectivity index (χ0v) is 16.2. The molecule has 0 saturated heterocycles. The number of hydrogen-bond donors (Lipinski definition) is 2. The quantitative estimate of drug-likeness (QED) is 0.848. The molecule has 6 heteroatoms. The molecular formula is C21H25N3O3. The Morgan fingerprint density at radius 2 is 1.81 bits per heavy atom. The predicted molar refractivity (Wildman–Crippen MR) is 104 cm³/mol. The number of rotatable bonds is 5. The zero-order valence-electron chi connectivity index (χ0n) is 16.2. The van der Waals surface area contributed by atoms with Crippen molar-refractivity contribution in [2.45, 2.75) is 39.2 Å². The molecule has 0 bridgehead atoms. The summed E-state index contributed by atoms with van der Waals surface area (Å²) in [5.74, 6) is -0.843. The van der Waals surface area contributed by atoms with Crippen molar-refractivity contribution in [2.75, 3.05) is 18.5 Å². The Morgan fingerprint density at radius 1 is 1.22 bits per heavy atom. The van der Waals surface area contributed by atoms with Crippen LogP contribution in [0.5, 0.6) is 0 Å². The van der Waals surface area contributed by atoms with E-state index >= 15 is 0 Å². The summed E-state index contributed by atoms with van der Waals surface area (Å²) in [6, 6.07) is 9.46. The highest BCUT2D eigenvalue weighted by Crippen LogP contribution is 2.31. The van der Waals surface area contributed by atoms with Crippen LogP contribution in [0.25, 0.3) is 0 Å². The normalized spacial score (nSPS) is 14.5. The lowest BCUT2D eigenvalue weighted by molar-refractivity contribution is -0.144. The topological polar surface area (TPSA) is 82.5 Å². The van der Waals surface area contributed by atoms with Gasteiger partial charge in [-0.25, -0.2) is 9.78 Å². The number of aryl methyl sites for hydroxylation is 2. The molecule has 0 radical (unpaired) electrons. The highest BCUT2D eigenvalue weighted by atomic mass is 16.4. The Bertz CT molecular complexity index is 883. The Hall–Kier alpha value is -2.89. The molecular weight excluding hydrogens is 342 g/mol. The van der Waals surface area contributed by atoms with E-state index in [0.29, 0.717) is 17.9 Å². The van der Waals surface area contributed by atoms with Crippen LogP contribution in [0.15, 0.2) is 30.3 Å². The lowest BCUT2D eigenvalue weighted by atomic mass is 9.94. The number of fused-ring (bicyclic) bond motifs is 1. The fourth-order valence-corrected chi connectivity index (χ4v) is 3.71. The van der Waals surface area contributed by atoms with Gasteiger partial charge in [0.15, 0.2) is 0 Å². The first kappa shape index (κ1) is 18.9. The van der Waals surface area contributed by atoms with Crippen molar-refractivity contribution in [1.82, 2.24) is 10.3 Å². The number of benzene rings is 1. The summed E-state index contributed by atoms with van der Waals surface area (Å²) in [5, 5.41) is 12.8. The molecule has 1 aromatic heterocycles. The summed E-state index contributed by atoms with van der Waals surface area (Å²) < 4.78 is 0. The molecule has 3 rings (SSSR count). The molecule has 1 aliphatic rings. The van der Waals surface area contributed by atoms with Gasteiger partial charge < -0.3 is 15.3 Å². The molecule has 0 aliphatic heterocycles. The number of amides is 1. The van der Waals surface area contributed by atoms with Crippen molar-refractivity contribution in [1.29, 1.82) is 0 Å². The number of carbonyl (C=O) groups is 2. The SMILES string of the molecule is CCN(C)c1nc(C)cc(C)c1C(=O)NC1(C(=O)O)Cc2ccccc2C1. The maximum absolute atomic E-state index is 13.2. The highest BCUT2D eigenvalue weighted by Gasteiger charge is 2.45. The summed E-state index contributed by atoms with van der Waals surface area (Å²) in [7, 11) is 1.87. The fraction of sp³-hybridized carbons (Fsp3) is 0.381. The summed E-state index contributed by atoms with van der Waals surface area (Å²) in [4.78, 5) is 31.7. The van der Waals surface area contributed by atoms with Gasteiger partial charge in [0, 0.05) is 32.1 Å². The molecule has 27 heavy (non-hydrogen) atoms. The number of carboxylic acids is 1. The smallest absolute Gasteiger partial charge is 0.330 e. The van der Waals surface area contributed by atoms with Crippen LogP contribution in [-0.2, 0) is 17.6 Å². The van der Waals surface area contributed by atoms with E-state index in [0.717, 1.165) is 22.4 Å². The second kappa shape index (κ2) is 7.02. The summed E-state index contributed by atoms with van der Waals surface area (Å²) >= 11 is 0. The molecule has 1 aromatic carbocycles. The fourth-order valence-electron chi connectivity index (χ4n) is 3.71. The van der Waals surface area contributed by atoms with Crippen LogP contribution >= 0.6 is 0 Å². The van der Waals surface area contributed by atoms with Crippen molar-refractivity contribution in [2.24, 2.45) is 0 Å². The monoisotopic (exact) mass is 367 g/mol. The molecule has 142 valence electrons. The third-order valence-electron chi connectivity index (χ3n) is 5.25. The number of nitrogens with zero attached hydrogens (tertiary/aromatic N) is 2. The Morgan fingerprint density at radius 3 is 2.33 bits per heavy atom. The minimum atomic E-state index is -1.33. The Labute approximate surface area is 159 Å². The van der Waals surface area contributed by atoms with Gasteiger partial charge in [-0.15, -0.1) is 0 Å². The molecule has 0 spiro atoms. The minimum absolute atomic E-state index is 0.279. The van der Waals surface area contributed by atoms with Gasteiger partial charge in [0.1, 0.15) is 11.4 Å². The van der Waals surface area contributed by atoms with E-state index in [1.54, 1.807) is 0 Å². The van der Waals surface area contributed by atoms with E-state index in [1.165, 1.54) is 0 Å². The second-order valence-electron chi connectivity index (χ2n) is 7.26. The standard InChI is InChI=1S/C21H25N3O3/c1-5-24(4)18-17(13(2)10-14(3)22-18)19(25)23-21(20(26)27)11-15-8-6-7-9-16(15)12-21/h6-10H,5,11-12H2,1-4H3,(H,23,25)(H,26,27). The second-order valence-corrected chi connectivity index (χ2v) is 7.26. The molecule has 1 aliphatic carbocycles. The van der Waals surface area contributed by atoms with E-state index in [1.807, 2.05) is 63.1 Å². The van der Waals surface area contributed by atoms with Crippen molar-refractivity contribution in [3.05, 3.63) is 58.3 Å².